The Morgan fingerprint density at radius 3 is 3.00 bits per heavy atom. The minimum atomic E-state index is -0.368. The average molecular weight is 378 g/mol. The lowest BCUT2D eigenvalue weighted by Crippen LogP contribution is -2.05. The van der Waals surface area contributed by atoms with E-state index in [0.717, 1.165) is 39.6 Å². The second kappa shape index (κ2) is 6.46. The lowest BCUT2D eigenvalue weighted by atomic mass is 9.97. The van der Waals surface area contributed by atoms with Crippen molar-refractivity contribution in [2.75, 3.05) is 0 Å². The van der Waals surface area contributed by atoms with E-state index in [-0.39, 0.29) is 12.2 Å². The van der Waals surface area contributed by atoms with E-state index in [1.807, 2.05) is 25.1 Å². The predicted octanol–water partition coefficient (Wildman–Crippen LogP) is 4.56. The predicted molar refractivity (Wildman–Crippen MR) is 106 cm³/mol. The highest BCUT2D eigenvalue weighted by atomic mass is 32.1. The van der Waals surface area contributed by atoms with Crippen LogP contribution in [-0.4, -0.2) is 9.97 Å². The average Bonchev–Trinajstić information content (AvgIpc) is 3.04. The Morgan fingerprint density at radius 2 is 2.07 bits per heavy atom. The topological polar surface area (TPSA) is 65.2 Å². The Labute approximate surface area is 159 Å². The molecule has 0 fully saturated rings. The van der Waals surface area contributed by atoms with Gasteiger partial charge in [-0.15, -0.1) is 11.3 Å². The molecule has 0 saturated heterocycles. The van der Waals surface area contributed by atoms with Crippen molar-refractivity contribution >= 4 is 32.5 Å². The summed E-state index contributed by atoms with van der Waals surface area (Å²) in [7, 11) is 0. The largest absolute Gasteiger partial charge is 0.472 e. The van der Waals surface area contributed by atoms with E-state index in [0.29, 0.717) is 11.5 Å². The van der Waals surface area contributed by atoms with Gasteiger partial charge in [0.2, 0.25) is 5.88 Å². The van der Waals surface area contributed by atoms with Crippen LogP contribution < -0.4 is 10.4 Å². The fourth-order valence-corrected chi connectivity index (χ4v) is 4.99. The number of benzene rings is 1. The van der Waals surface area contributed by atoms with E-state index in [9.17, 15) is 4.79 Å². The van der Waals surface area contributed by atoms with Crippen LogP contribution in [0.1, 0.15) is 34.4 Å². The van der Waals surface area contributed by atoms with Crippen LogP contribution in [0.3, 0.4) is 0 Å². The van der Waals surface area contributed by atoms with Gasteiger partial charge in [0, 0.05) is 21.9 Å². The summed E-state index contributed by atoms with van der Waals surface area (Å²) >= 11 is 1.75. The van der Waals surface area contributed by atoms with Crippen molar-refractivity contribution in [3.63, 3.8) is 0 Å². The number of rotatable bonds is 3. The molecule has 1 aliphatic rings. The molecule has 5 rings (SSSR count). The highest BCUT2D eigenvalue weighted by molar-refractivity contribution is 7.18. The number of hydrogen-bond donors (Lipinski definition) is 0. The van der Waals surface area contributed by atoms with Gasteiger partial charge in [-0.05, 0) is 49.8 Å². The van der Waals surface area contributed by atoms with Crippen LogP contribution in [0.5, 0.6) is 5.88 Å². The first kappa shape index (κ1) is 16.4. The molecule has 0 radical (unpaired) electrons. The third-order valence-electron chi connectivity index (χ3n) is 5.07. The summed E-state index contributed by atoms with van der Waals surface area (Å²) < 4.78 is 11.4. The van der Waals surface area contributed by atoms with Crippen LogP contribution >= 0.6 is 11.3 Å². The van der Waals surface area contributed by atoms with E-state index in [1.54, 1.807) is 17.7 Å². The second-order valence-electron chi connectivity index (χ2n) is 6.95. The Morgan fingerprint density at radius 1 is 1.19 bits per heavy atom. The first-order valence-corrected chi connectivity index (χ1v) is 9.92. The quantitative estimate of drug-likeness (QED) is 0.489. The third-order valence-corrected chi connectivity index (χ3v) is 6.27. The molecule has 5 nitrogen and oxygen atoms in total. The van der Waals surface area contributed by atoms with Gasteiger partial charge in [0.25, 0.3) is 0 Å². The van der Waals surface area contributed by atoms with Crippen LogP contribution in [0.15, 0.2) is 39.8 Å². The monoisotopic (exact) mass is 378 g/mol. The second-order valence-corrected chi connectivity index (χ2v) is 8.03. The number of ether oxygens (including phenoxy) is 1. The van der Waals surface area contributed by atoms with Gasteiger partial charge in [0.15, 0.2) is 0 Å². The van der Waals surface area contributed by atoms with Gasteiger partial charge in [-0.2, -0.15) is 0 Å². The lowest BCUT2D eigenvalue weighted by molar-refractivity contribution is 0.298. The zero-order valence-electron chi connectivity index (χ0n) is 14.9. The minimum Gasteiger partial charge on any atom is -0.472 e. The molecule has 27 heavy (non-hydrogen) atoms. The summed E-state index contributed by atoms with van der Waals surface area (Å²) in [6, 6.07) is 7.34. The highest BCUT2D eigenvalue weighted by Crippen LogP contribution is 2.39. The number of fused-ring (bicyclic) bond motifs is 4. The minimum absolute atomic E-state index is 0.266. The molecule has 0 aliphatic heterocycles. The van der Waals surface area contributed by atoms with Crippen molar-refractivity contribution in [1.29, 1.82) is 0 Å². The summed E-state index contributed by atoms with van der Waals surface area (Å²) in [6.07, 6.45) is 6.14. The summed E-state index contributed by atoms with van der Waals surface area (Å²) in [5.74, 6) is 0.605. The van der Waals surface area contributed by atoms with E-state index in [2.05, 4.69) is 9.97 Å². The van der Waals surface area contributed by atoms with Gasteiger partial charge in [-0.3, -0.25) is 0 Å². The molecule has 1 aromatic carbocycles. The first-order chi connectivity index (χ1) is 13.2. The highest BCUT2D eigenvalue weighted by Gasteiger charge is 2.20. The van der Waals surface area contributed by atoms with Crippen molar-refractivity contribution in [1.82, 2.24) is 9.97 Å². The molecule has 136 valence electrons. The Bertz CT molecular complexity index is 1230. The molecule has 4 aromatic rings. The maximum Gasteiger partial charge on any atom is 0.336 e. The molecule has 0 N–H and O–H groups in total. The van der Waals surface area contributed by atoms with E-state index in [4.69, 9.17) is 9.15 Å². The number of hydrogen-bond acceptors (Lipinski definition) is 6. The van der Waals surface area contributed by atoms with Crippen molar-refractivity contribution < 1.29 is 9.15 Å². The van der Waals surface area contributed by atoms with E-state index in [1.165, 1.54) is 29.3 Å². The van der Waals surface area contributed by atoms with Crippen molar-refractivity contribution in [3.05, 3.63) is 62.6 Å². The maximum atomic E-state index is 11.9. The van der Waals surface area contributed by atoms with Gasteiger partial charge in [0.05, 0.1) is 5.39 Å². The molecule has 3 aromatic heterocycles. The molecule has 0 saturated carbocycles. The fourth-order valence-electron chi connectivity index (χ4n) is 3.77. The molecule has 6 heteroatoms. The first-order valence-electron chi connectivity index (χ1n) is 9.10. The molecule has 0 unspecified atom stereocenters. The van der Waals surface area contributed by atoms with Crippen LogP contribution in [-0.2, 0) is 19.4 Å². The van der Waals surface area contributed by atoms with Crippen LogP contribution in [0.2, 0.25) is 0 Å². The van der Waals surface area contributed by atoms with Gasteiger partial charge >= 0.3 is 5.63 Å². The zero-order valence-corrected chi connectivity index (χ0v) is 15.8. The van der Waals surface area contributed by atoms with Gasteiger partial charge in [-0.1, -0.05) is 12.1 Å². The maximum absolute atomic E-state index is 11.9. The van der Waals surface area contributed by atoms with Gasteiger partial charge in [-0.25, -0.2) is 14.8 Å². The van der Waals surface area contributed by atoms with Gasteiger partial charge < -0.3 is 9.15 Å². The third kappa shape index (κ3) is 2.90. The fraction of sp³-hybridized carbons (Fsp3) is 0.286. The number of thiophene rings is 1. The van der Waals surface area contributed by atoms with Crippen LogP contribution in [0.25, 0.3) is 21.2 Å². The molecule has 3 heterocycles. The normalized spacial score (nSPS) is 13.8. The SMILES string of the molecule is Cc1ccc2c(COc3ncnc4sc5c(c34)CCCC5)cc(=O)oc2c1. The molecule has 0 bridgehead atoms. The number of aromatic nitrogens is 2. The Balaban J connectivity index is 1.55. The van der Waals surface area contributed by atoms with E-state index >= 15 is 0 Å². The summed E-state index contributed by atoms with van der Waals surface area (Å²) in [5.41, 5.74) is 3.41. The molecule has 1 aliphatic carbocycles. The molecule has 0 amide bonds. The van der Waals surface area contributed by atoms with Crippen LogP contribution in [0.4, 0.5) is 0 Å². The van der Waals surface area contributed by atoms with E-state index < -0.39 is 0 Å². The molecular formula is C21H18N2O3S. The Kier molecular flexibility index (Phi) is 3.93. The number of aryl methyl sites for hydroxylation is 3. The van der Waals surface area contributed by atoms with Gasteiger partial charge in [0.1, 0.15) is 23.3 Å². The molecule has 0 atom stereocenters. The van der Waals surface area contributed by atoms with Crippen molar-refractivity contribution in [3.8, 4) is 5.88 Å². The number of nitrogens with zero attached hydrogens (tertiary/aromatic N) is 2. The Hall–Kier alpha value is -2.73. The summed E-state index contributed by atoms with van der Waals surface area (Å²) in [4.78, 5) is 23.2. The van der Waals surface area contributed by atoms with Crippen molar-refractivity contribution in [2.24, 2.45) is 0 Å². The standard InChI is InChI=1S/C21H18N2O3S/c1-12-6-7-14-13(9-18(24)26-16(14)8-12)10-25-20-19-15-4-2-3-5-17(15)27-21(19)23-11-22-20/h6-9,11H,2-5,10H2,1H3. The smallest absolute Gasteiger partial charge is 0.336 e. The summed E-state index contributed by atoms with van der Waals surface area (Å²) in [6.45, 7) is 2.24. The zero-order chi connectivity index (χ0) is 18.4. The van der Waals surface area contributed by atoms with Crippen LogP contribution in [0, 0.1) is 6.92 Å². The lowest BCUT2D eigenvalue weighted by Gasteiger charge is -2.12. The molecular weight excluding hydrogens is 360 g/mol. The molecule has 0 spiro atoms. The van der Waals surface area contributed by atoms with Crippen molar-refractivity contribution in [2.45, 2.75) is 39.2 Å². The summed E-state index contributed by atoms with van der Waals surface area (Å²) in [5, 5.41) is 1.93.